The maximum absolute atomic E-state index is 10.9. The van der Waals surface area contributed by atoms with Crippen molar-refractivity contribution in [2.75, 3.05) is 0 Å². The molecule has 3 nitrogen and oxygen atoms in total. The first kappa shape index (κ1) is 28.3. The Kier molecular flexibility index (Phi) is 5.88. The van der Waals surface area contributed by atoms with Crippen molar-refractivity contribution in [1.82, 2.24) is 4.57 Å². The zero-order valence-electron chi connectivity index (χ0n) is 27.0. The number of para-hydroxylation sites is 1. The summed E-state index contributed by atoms with van der Waals surface area (Å²) in [6.07, 6.45) is 0. The van der Waals surface area contributed by atoms with E-state index in [4.69, 9.17) is 0 Å². The van der Waals surface area contributed by atoms with Gasteiger partial charge in [0.2, 0.25) is 0 Å². The minimum absolute atomic E-state index is 0.483. The molecule has 0 radical (unpaired) electrons. The summed E-state index contributed by atoms with van der Waals surface area (Å²) in [6.45, 7) is 2.18. The second-order valence-corrected chi connectivity index (χ2v) is 13.5. The molecule has 2 aliphatic heterocycles. The molecule has 0 unspecified atom stereocenters. The molecule has 4 heteroatoms. The molecule has 10 rings (SSSR count). The van der Waals surface area contributed by atoms with E-state index >= 15 is 0 Å². The van der Waals surface area contributed by atoms with Gasteiger partial charge >= 0.3 is 7.12 Å². The van der Waals surface area contributed by atoms with Crippen LogP contribution in [0.25, 0.3) is 27.5 Å². The van der Waals surface area contributed by atoms with Crippen LogP contribution < -0.4 is 5.46 Å². The number of fused-ring (bicyclic) bond motifs is 1. The number of hydrogen-bond acceptors (Lipinski definition) is 2. The minimum atomic E-state index is -1.63. The molecule has 1 aromatic heterocycles. The highest BCUT2D eigenvalue weighted by Gasteiger charge is 2.52. The maximum Gasteiger partial charge on any atom is 0.488 e. The molecule has 3 heterocycles. The van der Waals surface area contributed by atoms with Gasteiger partial charge in [-0.1, -0.05) is 163 Å². The normalized spacial score (nSPS) is 14.8. The second kappa shape index (κ2) is 10.2. The Labute approximate surface area is 285 Å². The van der Waals surface area contributed by atoms with Crippen LogP contribution in [0.15, 0.2) is 164 Å². The monoisotopic (exact) mass is 629 g/mol. The van der Waals surface area contributed by atoms with Gasteiger partial charge in [0.1, 0.15) is 0 Å². The second-order valence-electron chi connectivity index (χ2n) is 13.5. The van der Waals surface area contributed by atoms with Gasteiger partial charge in [-0.15, -0.1) is 0 Å². The van der Waals surface area contributed by atoms with Crippen LogP contribution in [-0.2, 0) is 10.8 Å². The minimum Gasteiger partial charge on any atom is -0.423 e. The van der Waals surface area contributed by atoms with Crippen molar-refractivity contribution in [3.8, 4) is 5.69 Å². The zero-order valence-corrected chi connectivity index (χ0v) is 27.0. The molecule has 232 valence electrons. The van der Waals surface area contributed by atoms with Crippen LogP contribution in [0.2, 0.25) is 0 Å². The highest BCUT2D eigenvalue weighted by Crippen LogP contribution is 2.61. The summed E-state index contributed by atoms with van der Waals surface area (Å²) in [5.74, 6) is 0. The first-order chi connectivity index (χ1) is 24.1. The number of hydrogen-bond donors (Lipinski definition) is 2. The van der Waals surface area contributed by atoms with Gasteiger partial charge in [0.15, 0.2) is 0 Å². The Morgan fingerprint density at radius 2 is 0.857 bits per heavy atom. The van der Waals surface area contributed by atoms with Crippen LogP contribution >= 0.6 is 0 Å². The van der Waals surface area contributed by atoms with E-state index in [9.17, 15) is 10.0 Å². The average molecular weight is 630 g/mol. The van der Waals surface area contributed by atoms with Crippen LogP contribution in [-0.4, -0.2) is 21.7 Å². The van der Waals surface area contributed by atoms with Crippen molar-refractivity contribution in [2.24, 2.45) is 0 Å². The fourth-order valence-electron chi connectivity index (χ4n) is 9.39. The van der Waals surface area contributed by atoms with E-state index in [0.717, 1.165) is 44.1 Å². The van der Waals surface area contributed by atoms with Gasteiger partial charge in [0, 0.05) is 10.8 Å². The highest BCUT2D eigenvalue weighted by molar-refractivity contribution is 6.59. The Morgan fingerprint density at radius 1 is 0.449 bits per heavy atom. The van der Waals surface area contributed by atoms with E-state index in [-0.39, 0.29) is 0 Å². The number of aromatic nitrogens is 1. The lowest BCUT2D eigenvalue weighted by Crippen LogP contribution is -2.42. The molecule has 7 aromatic carbocycles. The molecule has 0 spiro atoms. The van der Waals surface area contributed by atoms with E-state index in [1.54, 1.807) is 0 Å². The molecule has 0 amide bonds. The molecular weight excluding hydrogens is 597 g/mol. The number of aryl methyl sites for hydroxylation is 1. The summed E-state index contributed by atoms with van der Waals surface area (Å²) in [7, 11) is -1.63. The van der Waals surface area contributed by atoms with Crippen molar-refractivity contribution < 1.29 is 10.0 Å². The van der Waals surface area contributed by atoms with Crippen molar-refractivity contribution in [3.63, 3.8) is 0 Å². The highest BCUT2D eigenvalue weighted by atomic mass is 16.4. The Morgan fingerprint density at radius 3 is 1.29 bits per heavy atom. The third-order valence-corrected chi connectivity index (χ3v) is 11.1. The maximum atomic E-state index is 10.9. The Balaban J connectivity index is 1.55. The molecule has 0 bridgehead atoms. The van der Waals surface area contributed by atoms with Crippen LogP contribution in [0.3, 0.4) is 0 Å². The molecule has 49 heavy (non-hydrogen) atoms. The standard InChI is InChI=1S/C45H32BNO2/c1-29-25-35-36-27-34(46(48)49)28-40-42(36)47-41(35)39(26-29)44(30-15-6-2-7-16-30,31-17-8-3-9-18-31)37-23-14-24-38(43(37)47)45(40,32-19-10-4-11-20-32)33-21-12-5-13-22-33/h2-28,48-49H,1H3. The molecule has 8 aromatic rings. The summed E-state index contributed by atoms with van der Waals surface area (Å²) < 4.78 is 2.50. The third kappa shape index (κ3) is 3.50. The van der Waals surface area contributed by atoms with Gasteiger partial charge in [0.05, 0.1) is 27.6 Å². The summed E-state index contributed by atoms with van der Waals surface area (Å²) in [5.41, 5.74) is 13.0. The van der Waals surface area contributed by atoms with Gasteiger partial charge < -0.3 is 14.6 Å². The molecule has 0 atom stereocenters. The zero-order chi connectivity index (χ0) is 32.9. The van der Waals surface area contributed by atoms with Crippen LogP contribution in [0, 0.1) is 6.92 Å². The summed E-state index contributed by atoms with van der Waals surface area (Å²) in [5, 5.41) is 23.8. The molecule has 0 fully saturated rings. The van der Waals surface area contributed by atoms with Crippen LogP contribution in [0.5, 0.6) is 0 Å². The first-order valence-corrected chi connectivity index (χ1v) is 16.9. The first-order valence-electron chi connectivity index (χ1n) is 16.9. The van der Waals surface area contributed by atoms with Crippen molar-refractivity contribution in [3.05, 3.63) is 214 Å². The SMILES string of the molecule is Cc1cc2c3c(c1)c1cc(B(O)O)cc4c1n3-c1c(cccc1C4(c1ccccc1)c1ccccc1)C2(c1ccccc1)c1ccccc1. The fourth-order valence-corrected chi connectivity index (χ4v) is 9.39. The molecule has 0 saturated carbocycles. The van der Waals surface area contributed by atoms with E-state index in [2.05, 4.69) is 163 Å². The lowest BCUT2D eigenvalue weighted by atomic mass is 9.58. The third-order valence-electron chi connectivity index (χ3n) is 11.1. The van der Waals surface area contributed by atoms with Crippen molar-refractivity contribution in [1.29, 1.82) is 0 Å². The van der Waals surface area contributed by atoms with Gasteiger partial charge in [-0.25, -0.2) is 0 Å². The topological polar surface area (TPSA) is 45.4 Å². The van der Waals surface area contributed by atoms with Crippen molar-refractivity contribution in [2.45, 2.75) is 17.8 Å². The van der Waals surface area contributed by atoms with Crippen molar-refractivity contribution >= 4 is 34.4 Å². The summed E-state index contributed by atoms with van der Waals surface area (Å²) in [4.78, 5) is 0. The van der Waals surface area contributed by atoms with Gasteiger partial charge in [-0.05, 0) is 63.0 Å². The Bertz CT molecular complexity index is 2500. The predicted octanol–water partition coefficient (Wildman–Crippen LogP) is 8.16. The van der Waals surface area contributed by atoms with Gasteiger partial charge in [0.25, 0.3) is 0 Å². The Hall–Kier alpha value is -5.68. The number of nitrogens with zero attached hydrogens (tertiary/aromatic N) is 1. The molecule has 2 aliphatic rings. The fraction of sp³-hybridized carbons (Fsp3) is 0.0667. The number of rotatable bonds is 5. The van der Waals surface area contributed by atoms with Crippen LogP contribution in [0.1, 0.15) is 50.1 Å². The molecular formula is C45H32BNO2. The quantitative estimate of drug-likeness (QED) is 0.189. The number of benzene rings is 7. The average Bonchev–Trinajstić information content (AvgIpc) is 3.48. The molecule has 2 N–H and O–H groups in total. The molecule has 0 aliphatic carbocycles. The summed E-state index contributed by atoms with van der Waals surface area (Å²) >= 11 is 0. The van der Waals surface area contributed by atoms with Gasteiger partial charge in [-0.3, -0.25) is 0 Å². The smallest absolute Gasteiger partial charge is 0.423 e. The van der Waals surface area contributed by atoms with Crippen LogP contribution in [0.4, 0.5) is 0 Å². The predicted molar refractivity (Wildman–Crippen MR) is 199 cm³/mol. The molecule has 0 saturated heterocycles. The summed E-state index contributed by atoms with van der Waals surface area (Å²) in [6, 6.07) is 58.9. The lowest BCUT2D eigenvalue weighted by molar-refractivity contribution is 0.425. The lowest BCUT2D eigenvalue weighted by Gasteiger charge is -2.47. The van der Waals surface area contributed by atoms with E-state index < -0.39 is 17.9 Å². The van der Waals surface area contributed by atoms with E-state index in [1.807, 2.05) is 12.1 Å². The van der Waals surface area contributed by atoms with Gasteiger partial charge in [-0.2, -0.15) is 0 Å². The van der Waals surface area contributed by atoms with E-state index in [0.29, 0.717) is 5.46 Å². The largest absolute Gasteiger partial charge is 0.488 e. The van der Waals surface area contributed by atoms with E-state index in [1.165, 1.54) is 33.5 Å².